The van der Waals surface area contributed by atoms with Gasteiger partial charge in [-0.25, -0.2) is 9.98 Å². The third-order valence-electron chi connectivity index (χ3n) is 5.27. The van der Waals surface area contributed by atoms with Crippen LogP contribution in [0.5, 0.6) is 11.5 Å². The third-order valence-corrected chi connectivity index (χ3v) is 7.00. The smallest absolute Gasteiger partial charge is 0.387 e. The molecule has 0 fully saturated rings. The van der Waals surface area contributed by atoms with E-state index in [-0.39, 0.29) is 28.7 Å². The Bertz CT molecular complexity index is 1560. The number of anilines is 1. The molecular formula is C25H18F2N4O4S2. The van der Waals surface area contributed by atoms with Crippen LogP contribution in [0.4, 0.5) is 14.5 Å². The van der Waals surface area contributed by atoms with Crippen LogP contribution in [0.3, 0.4) is 0 Å². The summed E-state index contributed by atoms with van der Waals surface area (Å²) in [6.45, 7) is -2.96. The van der Waals surface area contributed by atoms with Crippen LogP contribution < -0.4 is 19.9 Å². The Kier molecular flexibility index (Phi) is 7.01. The summed E-state index contributed by atoms with van der Waals surface area (Å²) in [5.74, 6) is 0.551. The highest BCUT2D eigenvalue weighted by atomic mass is 32.2. The van der Waals surface area contributed by atoms with Gasteiger partial charge in [0.2, 0.25) is 0 Å². The fourth-order valence-electron chi connectivity index (χ4n) is 3.56. The lowest BCUT2D eigenvalue weighted by atomic mass is 10.2. The van der Waals surface area contributed by atoms with Gasteiger partial charge in [-0.15, -0.1) is 11.3 Å². The van der Waals surface area contributed by atoms with Crippen molar-refractivity contribution >= 4 is 50.9 Å². The molecule has 0 saturated heterocycles. The summed E-state index contributed by atoms with van der Waals surface area (Å²) in [7, 11) is 1.57. The molecule has 37 heavy (non-hydrogen) atoms. The molecular weight excluding hydrogens is 522 g/mol. The normalized spacial score (nSPS) is 14.6. The molecule has 1 aliphatic heterocycles. The summed E-state index contributed by atoms with van der Waals surface area (Å²) < 4.78 is 36.2. The third kappa shape index (κ3) is 5.39. The predicted octanol–water partition coefficient (Wildman–Crippen LogP) is 5.04. The Hall–Kier alpha value is -4.03. The molecule has 1 aliphatic rings. The Morgan fingerprint density at radius 3 is 2.51 bits per heavy atom. The number of nitrogens with zero attached hydrogens (tertiary/aromatic N) is 4. The molecule has 12 heteroatoms. The molecule has 4 aromatic rings. The van der Waals surface area contributed by atoms with Crippen LogP contribution in [0, 0.1) is 0 Å². The highest BCUT2D eigenvalue weighted by Crippen LogP contribution is 2.32. The van der Waals surface area contributed by atoms with Gasteiger partial charge in [-0.05, 0) is 48.0 Å². The minimum absolute atomic E-state index is 0.0283. The Morgan fingerprint density at radius 2 is 1.81 bits per heavy atom. The van der Waals surface area contributed by atoms with E-state index in [0.717, 1.165) is 5.56 Å². The number of rotatable bonds is 7. The standard InChI is InChI=1S/C25H18F2N4O4S2/c1-34-18-6-2-15(3-7-18)12-20-22(33)31(17-4-8-19(9-5-17)35-23(26)27)25(29-20)37-14-16-13-21(32)30-10-11-36-24(30)28-16/h2-13,23H,14H2,1H3. The minimum Gasteiger partial charge on any atom is -0.497 e. The molecule has 0 N–H and O–H groups in total. The number of amides is 1. The van der Waals surface area contributed by atoms with Crippen LogP contribution in [-0.2, 0) is 10.5 Å². The van der Waals surface area contributed by atoms with E-state index in [0.29, 0.717) is 27.3 Å². The second-order valence-corrected chi connectivity index (χ2v) is 9.46. The van der Waals surface area contributed by atoms with Crippen LogP contribution in [0.2, 0.25) is 0 Å². The number of fused-ring (bicyclic) bond motifs is 1. The number of benzene rings is 2. The van der Waals surface area contributed by atoms with Crippen LogP contribution in [0.25, 0.3) is 11.0 Å². The van der Waals surface area contributed by atoms with Crippen LogP contribution in [-0.4, -0.2) is 34.2 Å². The number of carbonyl (C=O) groups excluding carboxylic acids is 1. The molecule has 2 aromatic heterocycles. The van der Waals surface area contributed by atoms with Crippen molar-refractivity contribution < 1.29 is 23.0 Å². The molecule has 5 rings (SSSR count). The average molecular weight is 541 g/mol. The van der Waals surface area contributed by atoms with E-state index < -0.39 is 6.61 Å². The first-order valence-corrected chi connectivity index (χ1v) is 12.7. The van der Waals surface area contributed by atoms with Gasteiger partial charge in [0.05, 0.1) is 18.5 Å². The highest BCUT2D eigenvalue weighted by Gasteiger charge is 2.32. The van der Waals surface area contributed by atoms with Crippen molar-refractivity contribution in [2.24, 2.45) is 4.99 Å². The fourth-order valence-corrected chi connectivity index (χ4v) is 5.20. The number of thiazole rings is 1. The molecule has 0 saturated carbocycles. The molecule has 0 bridgehead atoms. The largest absolute Gasteiger partial charge is 0.497 e. The van der Waals surface area contributed by atoms with E-state index >= 15 is 0 Å². The number of aromatic nitrogens is 2. The van der Waals surface area contributed by atoms with Gasteiger partial charge in [-0.2, -0.15) is 8.78 Å². The van der Waals surface area contributed by atoms with Gasteiger partial charge in [0, 0.05) is 23.4 Å². The lowest BCUT2D eigenvalue weighted by molar-refractivity contribution is -0.113. The monoisotopic (exact) mass is 540 g/mol. The van der Waals surface area contributed by atoms with Crippen molar-refractivity contribution in [3.63, 3.8) is 0 Å². The topological polar surface area (TPSA) is 85.5 Å². The number of thioether (sulfide) groups is 1. The van der Waals surface area contributed by atoms with E-state index in [9.17, 15) is 18.4 Å². The zero-order valence-corrected chi connectivity index (χ0v) is 20.8. The molecule has 0 aliphatic carbocycles. The second kappa shape index (κ2) is 10.5. The summed E-state index contributed by atoms with van der Waals surface area (Å²) >= 11 is 2.58. The maximum absolute atomic E-state index is 13.4. The maximum atomic E-state index is 13.4. The lowest BCUT2D eigenvalue weighted by Crippen LogP contribution is -2.30. The van der Waals surface area contributed by atoms with Gasteiger partial charge in [0.1, 0.15) is 17.2 Å². The van der Waals surface area contributed by atoms with Crippen molar-refractivity contribution in [1.29, 1.82) is 0 Å². The van der Waals surface area contributed by atoms with E-state index in [1.165, 1.54) is 62.7 Å². The van der Waals surface area contributed by atoms with Gasteiger partial charge >= 0.3 is 6.61 Å². The van der Waals surface area contributed by atoms with Crippen molar-refractivity contribution in [2.45, 2.75) is 12.4 Å². The number of aliphatic imine (C=N–C) groups is 1. The molecule has 0 spiro atoms. The van der Waals surface area contributed by atoms with Crippen molar-refractivity contribution in [1.82, 2.24) is 9.38 Å². The van der Waals surface area contributed by atoms with Gasteiger partial charge < -0.3 is 9.47 Å². The average Bonchev–Trinajstić information content (AvgIpc) is 3.48. The zero-order chi connectivity index (χ0) is 25.9. The summed E-state index contributed by atoms with van der Waals surface area (Å²) in [5.41, 5.74) is 1.72. The van der Waals surface area contributed by atoms with Crippen molar-refractivity contribution in [2.75, 3.05) is 12.0 Å². The first kappa shape index (κ1) is 24.7. The summed E-state index contributed by atoms with van der Waals surface area (Å²) in [6.07, 6.45) is 3.31. The predicted molar refractivity (Wildman–Crippen MR) is 140 cm³/mol. The first-order valence-electron chi connectivity index (χ1n) is 10.8. The van der Waals surface area contributed by atoms with Gasteiger partial charge in [-0.1, -0.05) is 23.9 Å². The highest BCUT2D eigenvalue weighted by molar-refractivity contribution is 8.13. The minimum atomic E-state index is -2.96. The van der Waals surface area contributed by atoms with Gasteiger partial charge in [0.15, 0.2) is 10.1 Å². The number of amidine groups is 1. The maximum Gasteiger partial charge on any atom is 0.387 e. The molecule has 0 unspecified atom stereocenters. The van der Waals surface area contributed by atoms with E-state index in [2.05, 4.69) is 14.7 Å². The summed E-state index contributed by atoms with van der Waals surface area (Å²) in [5, 5.41) is 2.14. The van der Waals surface area contributed by atoms with Crippen molar-refractivity contribution in [3.8, 4) is 11.5 Å². The second-order valence-electron chi connectivity index (χ2n) is 7.64. The van der Waals surface area contributed by atoms with Gasteiger partial charge in [0.25, 0.3) is 11.5 Å². The molecule has 0 atom stereocenters. The lowest BCUT2D eigenvalue weighted by Gasteiger charge is -2.18. The number of carbonyl (C=O) groups is 1. The molecule has 2 aromatic carbocycles. The van der Waals surface area contributed by atoms with Crippen LogP contribution in [0.1, 0.15) is 11.3 Å². The fraction of sp³-hybridized carbons (Fsp3) is 0.120. The van der Waals surface area contributed by atoms with E-state index in [1.54, 1.807) is 49.0 Å². The quantitative estimate of drug-likeness (QED) is 0.305. The number of halogens is 2. The van der Waals surface area contributed by atoms with E-state index in [1.807, 2.05) is 0 Å². The van der Waals surface area contributed by atoms with Crippen LogP contribution in [0.15, 0.2) is 81.7 Å². The van der Waals surface area contributed by atoms with Gasteiger partial charge in [-0.3, -0.25) is 18.9 Å². The Morgan fingerprint density at radius 1 is 1.08 bits per heavy atom. The molecule has 1 amide bonds. The van der Waals surface area contributed by atoms with E-state index in [4.69, 9.17) is 4.74 Å². The summed E-state index contributed by atoms with van der Waals surface area (Å²) in [6, 6.07) is 14.3. The van der Waals surface area contributed by atoms with Crippen LogP contribution >= 0.6 is 23.1 Å². The molecule has 8 nitrogen and oxygen atoms in total. The molecule has 0 radical (unpaired) electrons. The Balaban J connectivity index is 1.45. The number of ether oxygens (including phenoxy) is 2. The zero-order valence-electron chi connectivity index (χ0n) is 19.2. The number of alkyl halides is 2. The molecule has 3 heterocycles. The summed E-state index contributed by atoms with van der Waals surface area (Å²) in [4.78, 5) is 36.8. The first-order chi connectivity index (χ1) is 17.9. The Labute approximate surface area is 217 Å². The SMILES string of the molecule is COc1ccc(C=C2N=C(SCc3cc(=O)n4ccsc4n3)N(c3ccc(OC(F)F)cc3)C2=O)cc1. The van der Waals surface area contributed by atoms with Crippen molar-refractivity contribution in [3.05, 3.63) is 93.5 Å². The number of hydrogen-bond donors (Lipinski definition) is 0. The molecule has 188 valence electrons. The number of methoxy groups -OCH3 is 1. The number of hydrogen-bond acceptors (Lipinski definition) is 8.